The lowest BCUT2D eigenvalue weighted by atomic mass is 10.1. The second kappa shape index (κ2) is 51.1. The van der Waals surface area contributed by atoms with Gasteiger partial charge in [0.05, 0.1) is 168 Å². The molecule has 14 N–H and O–H groups in total. The molecule has 4 amide bonds. The zero-order chi connectivity index (χ0) is 77.5. The van der Waals surface area contributed by atoms with Crippen LogP contribution in [-0.2, 0) is 96.1 Å². The Bertz CT molecular complexity index is 3410. The van der Waals surface area contributed by atoms with E-state index in [4.69, 9.17) is 89.3 Å². The van der Waals surface area contributed by atoms with Crippen LogP contribution in [0.15, 0.2) is 104 Å². The van der Waals surface area contributed by atoms with Crippen LogP contribution in [0.5, 0.6) is 23.0 Å². The van der Waals surface area contributed by atoms with Crippen LogP contribution in [0.4, 0.5) is 17.6 Å². The summed E-state index contributed by atoms with van der Waals surface area (Å²) in [7, 11) is -7.92. The summed E-state index contributed by atoms with van der Waals surface area (Å²) < 4.78 is 191. The second-order valence-corrected chi connectivity index (χ2v) is 25.3. The fourth-order valence-corrected chi connectivity index (χ4v) is 10.2. The van der Waals surface area contributed by atoms with E-state index in [1.807, 2.05) is 0 Å². The number of nitrogens with two attached hydrogens (primary N) is 4. The highest BCUT2D eigenvalue weighted by Gasteiger charge is 2.30. The van der Waals surface area contributed by atoms with Crippen LogP contribution in [0.3, 0.4) is 0 Å². The van der Waals surface area contributed by atoms with Crippen molar-refractivity contribution in [1.29, 1.82) is 0 Å². The number of benzene rings is 4. The van der Waals surface area contributed by atoms with Gasteiger partial charge in [0.15, 0.2) is 58.9 Å². The fraction of sp³-hybridized carbons (Fsp3) is 0.485. The monoisotopic (exact) mass is 1550 g/mol. The zero-order valence-electron chi connectivity index (χ0n) is 58.4. The SMILES string of the molecule is C/C(=C\c1cc(F)c(Oc2ccc(S(=O)(=O)NCCOCCOCCOCCOCCOCCOCCNC(=O)[C@H](O)[C@@H](O)C(=O)NCCOCCOCCOCCOCCOCCOCCNS(=O)(=O)c3ccc(Oc4c(F)cc(/C=C(\C)C(=O)N=C(N)N)cc4F)cc3)cc2)c(F)c1)C(=O)N=C(N)N. The van der Waals surface area contributed by atoms with Gasteiger partial charge in [0.2, 0.25) is 20.0 Å². The Hall–Kier alpha value is -8.24. The Morgan fingerprint density at radius 1 is 0.396 bits per heavy atom. The highest BCUT2D eigenvalue weighted by atomic mass is 32.2. The lowest BCUT2D eigenvalue weighted by molar-refractivity contribution is -0.146. The predicted octanol–water partition coefficient (Wildman–Crippen LogP) is 0.644. The summed E-state index contributed by atoms with van der Waals surface area (Å²) in [5.74, 6) is -10.4. The molecule has 40 heteroatoms. The van der Waals surface area contributed by atoms with E-state index in [9.17, 15) is 63.8 Å². The molecule has 0 bridgehead atoms. The Kier molecular flexibility index (Phi) is 43.5. The van der Waals surface area contributed by atoms with Gasteiger partial charge in [-0.1, -0.05) is 0 Å². The smallest absolute Gasteiger partial charge is 0.275 e. The first-order chi connectivity index (χ1) is 50.8. The quantitative estimate of drug-likeness (QED) is 0.00953. The van der Waals surface area contributed by atoms with Crippen LogP contribution in [0.2, 0.25) is 0 Å². The van der Waals surface area contributed by atoms with Gasteiger partial charge in [0, 0.05) is 37.3 Å². The van der Waals surface area contributed by atoms with Gasteiger partial charge in [-0.25, -0.2) is 43.8 Å². The number of aliphatic hydroxyl groups is 2. The van der Waals surface area contributed by atoms with Crippen molar-refractivity contribution in [3.05, 3.63) is 118 Å². The molecule has 0 fully saturated rings. The first kappa shape index (κ1) is 90.2. The number of aliphatic hydroxyl groups excluding tert-OH is 2. The van der Waals surface area contributed by atoms with E-state index in [1.54, 1.807) is 0 Å². The molecule has 0 saturated carbocycles. The van der Waals surface area contributed by atoms with E-state index in [0.717, 1.165) is 24.3 Å². The Balaban J connectivity index is 0.845. The Morgan fingerprint density at radius 2 is 0.623 bits per heavy atom. The van der Waals surface area contributed by atoms with E-state index >= 15 is 0 Å². The van der Waals surface area contributed by atoms with Crippen molar-refractivity contribution in [3.63, 3.8) is 0 Å². The van der Waals surface area contributed by atoms with Crippen molar-refractivity contribution in [2.75, 3.05) is 185 Å². The summed E-state index contributed by atoms with van der Waals surface area (Å²) >= 11 is 0. The molecule has 4 aromatic rings. The van der Waals surface area contributed by atoms with Crippen LogP contribution in [0.25, 0.3) is 12.2 Å². The number of rotatable bonds is 57. The number of ether oxygens (including phenoxy) is 14. The summed E-state index contributed by atoms with van der Waals surface area (Å²) in [4.78, 5) is 54.8. The lowest BCUT2D eigenvalue weighted by Gasteiger charge is -2.17. The van der Waals surface area contributed by atoms with Gasteiger partial charge in [-0.05, 0) is 110 Å². The maximum atomic E-state index is 14.8. The van der Waals surface area contributed by atoms with E-state index in [1.165, 1.54) is 74.5 Å². The zero-order valence-corrected chi connectivity index (χ0v) is 60.1. The third-order valence-corrected chi connectivity index (χ3v) is 16.3. The number of guanidine groups is 2. The molecule has 0 unspecified atom stereocenters. The third kappa shape index (κ3) is 37.3. The summed E-state index contributed by atoms with van der Waals surface area (Å²) in [6.07, 6.45) is -1.69. The number of nitrogens with one attached hydrogen (secondary N) is 4. The lowest BCUT2D eigenvalue weighted by Crippen LogP contribution is -2.50. The first-order valence-corrected chi connectivity index (χ1v) is 35.8. The maximum absolute atomic E-state index is 14.8. The summed E-state index contributed by atoms with van der Waals surface area (Å²) in [5, 5.41) is 25.0. The molecule has 0 aliphatic carbocycles. The number of amides is 4. The molecule has 0 radical (unpaired) electrons. The molecule has 2 atom stereocenters. The maximum Gasteiger partial charge on any atom is 0.275 e. The van der Waals surface area contributed by atoms with E-state index < -0.39 is 103 Å². The molecular formula is C66H92F4N10O24S2. The van der Waals surface area contributed by atoms with Crippen LogP contribution in [0.1, 0.15) is 25.0 Å². The van der Waals surface area contributed by atoms with Crippen LogP contribution in [0, 0.1) is 23.3 Å². The average molecular weight is 1550 g/mol. The van der Waals surface area contributed by atoms with Crippen LogP contribution >= 0.6 is 0 Å². The predicted molar refractivity (Wildman–Crippen MR) is 373 cm³/mol. The molecular weight excluding hydrogens is 1460 g/mol. The van der Waals surface area contributed by atoms with Crippen molar-refractivity contribution in [3.8, 4) is 23.0 Å². The number of halogens is 4. The van der Waals surface area contributed by atoms with Crippen molar-refractivity contribution in [1.82, 2.24) is 20.1 Å². The molecule has 590 valence electrons. The number of nitrogens with zero attached hydrogens (tertiary/aromatic N) is 2. The highest BCUT2D eigenvalue weighted by Crippen LogP contribution is 2.32. The minimum atomic E-state index is -3.96. The number of carbonyl (C=O) groups excluding carboxylic acids is 4. The van der Waals surface area contributed by atoms with E-state index in [2.05, 4.69) is 30.1 Å². The van der Waals surface area contributed by atoms with Crippen LogP contribution < -0.4 is 52.5 Å². The topological polar surface area (TPSA) is 483 Å². The average Bonchev–Trinajstić information content (AvgIpc) is 0.822. The molecule has 0 heterocycles. The number of sulfonamides is 2. The molecule has 0 aliphatic rings. The minimum absolute atomic E-state index is 0.00606. The highest BCUT2D eigenvalue weighted by molar-refractivity contribution is 7.89. The summed E-state index contributed by atoms with van der Waals surface area (Å²) in [6.45, 7) is 8.06. The van der Waals surface area contributed by atoms with E-state index in [-0.39, 0.29) is 175 Å². The number of hydrogen-bond acceptors (Lipinski definition) is 24. The van der Waals surface area contributed by atoms with Gasteiger partial charge in [-0.3, -0.25) is 19.2 Å². The number of hydrogen-bond donors (Lipinski definition) is 10. The normalized spacial score (nSPS) is 12.5. The standard InChI is InChI=1S/C66H92F4N10O24S2/c1-45(61(83)79-65(71)72)39-47-41-53(67)59(54(68)42-47)103-49-3-7-51(8-4-49)105(87,88)77-13-17-93-21-25-97-29-33-101-37-35-99-31-27-95-23-19-91-15-11-75-63(85)57(81)58(82)64(86)76-12-16-92-20-24-96-28-32-100-36-38-102-34-30-98-26-22-94-18-14-78-106(89,90)52-9-5-50(6-10-52)104-60-55(69)43-48(44-56(60)70)40-46(2)62(84)80-66(73)74/h3-10,39-44,57-58,77-78,81-82H,11-38H2,1-2H3,(H,75,85)(H,76,86)(H4,71,72,79,83)(H4,73,74,80,84)/b45-39+,46-40+/t57-,58-/m1/s1. The Labute approximate surface area is 610 Å². The molecule has 4 aromatic carbocycles. The van der Waals surface area contributed by atoms with Crippen molar-refractivity contribution in [2.24, 2.45) is 32.9 Å². The van der Waals surface area contributed by atoms with Gasteiger partial charge < -0.3 is 110 Å². The minimum Gasteiger partial charge on any atom is -0.451 e. The molecule has 0 saturated heterocycles. The molecule has 34 nitrogen and oxygen atoms in total. The summed E-state index contributed by atoms with van der Waals surface area (Å²) in [5.41, 5.74) is 20.8. The van der Waals surface area contributed by atoms with Crippen molar-refractivity contribution < 1.29 is 130 Å². The number of carbonyl (C=O) groups is 4. The van der Waals surface area contributed by atoms with Gasteiger partial charge in [0.1, 0.15) is 11.5 Å². The summed E-state index contributed by atoms with van der Waals surface area (Å²) in [6, 6.07) is 13.4. The molecule has 106 heavy (non-hydrogen) atoms. The first-order valence-electron chi connectivity index (χ1n) is 32.8. The van der Waals surface area contributed by atoms with Crippen LogP contribution in [-0.4, -0.2) is 260 Å². The fourth-order valence-electron chi connectivity index (χ4n) is 8.22. The van der Waals surface area contributed by atoms with Gasteiger partial charge >= 0.3 is 0 Å². The van der Waals surface area contributed by atoms with Crippen molar-refractivity contribution in [2.45, 2.75) is 35.8 Å². The molecule has 0 aliphatic heterocycles. The molecule has 0 spiro atoms. The molecule has 4 rings (SSSR count). The van der Waals surface area contributed by atoms with Gasteiger partial charge in [-0.2, -0.15) is 9.98 Å². The van der Waals surface area contributed by atoms with E-state index in [0.29, 0.717) is 52.9 Å². The third-order valence-electron chi connectivity index (χ3n) is 13.4. The largest absolute Gasteiger partial charge is 0.451 e. The van der Waals surface area contributed by atoms with Gasteiger partial charge in [-0.15, -0.1) is 0 Å². The van der Waals surface area contributed by atoms with Crippen molar-refractivity contribution >= 4 is 67.7 Å². The van der Waals surface area contributed by atoms with Gasteiger partial charge in [0.25, 0.3) is 23.6 Å². The Morgan fingerprint density at radius 3 is 0.858 bits per heavy atom. The molecule has 0 aromatic heterocycles. The second-order valence-electron chi connectivity index (χ2n) is 21.7. The number of aliphatic imine (C=N–C) groups is 2.